The minimum Gasteiger partial charge on any atom is -0.493 e. The van der Waals surface area contributed by atoms with Crippen LogP contribution in [0.25, 0.3) is 0 Å². The van der Waals surface area contributed by atoms with Gasteiger partial charge in [0.2, 0.25) is 10.0 Å². The summed E-state index contributed by atoms with van der Waals surface area (Å²) in [5, 5.41) is 2.63. The maximum absolute atomic E-state index is 12.3. The summed E-state index contributed by atoms with van der Waals surface area (Å²) in [6.45, 7) is 9.07. The topological polar surface area (TPSA) is 97.0 Å². The minimum absolute atomic E-state index is 0.0225. The highest BCUT2D eigenvalue weighted by molar-refractivity contribution is 7.89. The molecule has 0 aliphatic rings. The summed E-state index contributed by atoms with van der Waals surface area (Å²) in [6.07, 6.45) is 1.70. The summed E-state index contributed by atoms with van der Waals surface area (Å²) in [5.74, 6) is 0.416. The van der Waals surface area contributed by atoms with Gasteiger partial charge in [-0.25, -0.2) is 13.1 Å². The van der Waals surface area contributed by atoms with Crippen LogP contribution in [0.2, 0.25) is 0 Å². The SMILES string of the molecule is CCN(CC)CCC[C@H](C)NS(=O)(=O)CCNC(=O)c1ccc(OC)c(OC)c1. The van der Waals surface area contributed by atoms with Crippen molar-refractivity contribution in [3.05, 3.63) is 23.8 Å². The van der Waals surface area contributed by atoms with E-state index in [1.165, 1.54) is 14.2 Å². The summed E-state index contributed by atoms with van der Waals surface area (Å²) in [6, 6.07) is 4.64. The van der Waals surface area contributed by atoms with Gasteiger partial charge in [0.05, 0.1) is 20.0 Å². The Morgan fingerprint density at radius 3 is 2.38 bits per heavy atom. The van der Waals surface area contributed by atoms with Gasteiger partial charge < -0.3 is 19.7 Å². The second-order valence-corrected chi connectivity index (χ2v) is 8.71. The molecule has 0 aliphatic carbocycles. The first-order valence-corrected chi connectivity index (χ1v) is 11.6. The van der Waals surface area contributed by atoms with Crippen LogP contribution in [0.15, 0.2) is 18.2 Å². The molecule has 1 aromatic carbocycles. The molecule has 0 aromatic heterocycles. The molecule has 0 spiro atoms. The molecule has 0 unspecified atom stereocenters. The fourth-order valence-corrected chi connectivity index (χ4v) is 4.18. The van der Waals surface area contributed by atoms with Crippen LogP contribution < -0.4 is 19.5 Å². The lowest BCUT2D eigenvalue weighted by Crippen LogP contribution is -2.38. The van der Waals surface area contributed by atoms with E-state index < -0.39 is 10.0 Å². The second-order valence-electron chi connectivity index (χ2n) is 6.83. The van der Waals surface area contributed by atoms with E-state index in [9.17, 15) is 13.2 Å². The zero-order valence-corrected chi connectivity index (χ0v) is 19.0. The molecule has 1 atom stereocenters. The smallest absolute Gasteiger partial charge is 0.251 e. The molecule has 0 saturated carbocycles. The van der Waals surface area contributed by atoms with Gasteiger partial charge >= 0.3 is 0 Å². The molecule has 0 aliphatic heterocycles. The van der Waals surface area contributed by atoms with Crippen molar-refractivity contribution in [2.45, 2.75) is 39.7 Å². The molecule has 0 heterocycles. The Hall–Kier alpha value is -1.84. The van der Waals surface area contributed by atoms with E-state index in [1.54, 1.807) is 18.2 Å². The molecular formula is C20H35N3O5S. The first-order chi connectivity index (χ1) is 13.8. The molecule has 29 heavy (non-hydrogen) atoms. The van der Waals surface area contributed by atoms with Crippen molar-refractivity contribution in [1.82, 2.24) is 14.9 Å². The van der Waals surface area contributed by atoms with Gasteiger partial charge in [0.1, 0.15) is 0 Å². The number of sulfonamides is 1. The Bertz CT molecular complexity index is 736. The molecule has 1 aromatic rings. The lowest BCUT2D eigenvalue weighted by atomic mass is 10.2. The average molecular weight is 430 g/mol. The third-order valence-electron chi connectivity index (χ3n) is 4.69. The van der Waals surface area contributed by atoms with E-state index >= 15 is 0 Å². The first kappa shape index (κ1) is 25.2. The molecular weight excluding hydrogens is 394 g/mol. The van der Waals surface area contributed by atoms with Gasteiger partial charge in [-0.3, -0.25) is 4.79 Å². The van der Waals surface area contributed by atoms with Crippen molar-refractivity contribution in [3.63, 3.8) is 0 Å². The summed E-state index contributed by atoms with van der Waals surface area (Å²) >= 11 is 0. The predicted octanol–water partition coefficient (Wildman–Crippen LogP) is 1.86. The molecule has 0 fully saturated rings. The fraction of sp³-hybridized carbons (Fsp3) is 0.650. The number of amides is 1. The Kier molecular flexibility index (Phi) is 11.0. The molecule has 9 heteroatoms. The van der Waals surface area contributed by atoms with Crippen molar-refractivity contribution in [3.8, 4) is 11.5 Å². The minimum atomic E-state index is -3.47. The van der Waals surface area contributed by atoms with E-state index in [0.29, 0.717) is 17.1 Å². The van der Waals surface area contributed by atoms with Gasteiger partial charge in [0.15, 0.2) is 11.5 Å². The standard InChI is InChI=1S/C20H35N3O5S/c1-6-23(7-2)13-8-9-16(3)22-29(25,26)14-12-21-20(24)17-10-11-18(27-4)19(15-17)28-5/h10-11,15-16,22H,6-9,12-14H2,1-5H3,(H,21,24)/t16-/m0/s1. The van der Waals surface area contributed by atoms with Gasteiger partial charge in [-0.05, 0) is 57.6 Å². The number of hydrogen-bond donors (Lipinski definition) is 2. The fourth-order valence-electron chi connectivity index (χ4n) is 2.96. The Balaban J connectivity index is 2.44. The van der Waals surface area contributed by atoms with Gasteiger partial charge in [0.25, 0.3) is 5.91 Å². The quantitative estimate of drug-likeness (QED) is 0.469. The molecule has 8 nitrogen and oxygen atoms in total. The monoisotopic (exact) mass is 429 g/mol. The third-order valence-corrected chi connectivity index (χ3v) is 6.19. The van der Waals surface area contributed by atoms with Crippen LogP contribution in [0.3, 0.4) is 0 Å². The van der Waals surface area contributed by atoms with Crippen LogP contribution in [0.5, 0.6) is 11.5 Å². The van der Waals surface area contributed by atoms with E-state index in [4.69, 9.17) is 9.47 Å². The van der Waals surface area contributed by atoms with Crippen LogP contribution in [-0.4, -0.2) is 71.4 Å². The molecule has 0 saturated heterocycles. The predicted molar refractivity (Wildman–Crippen MR) is 115 cm³/mol. The van der Waals surface area contributed by atoms with E-state index in [1.807, 2.05) is 6.92 Å². The number of hydrogen-bond acceptors (Lipinski definition) is 6. The maximum Gasteiger partial charge on any atom is 0.251 e. The summed E-state index contributed by atoms with van der Waals surface area (Å²) in [4.78, 5) is 14.6. The normalized spacial score (nSPS) is 12.6. The van der Waals surface area contributed by atoms with Crippen molar-refractivity contribution < 1.29 is 22.7 Å². The summed E-state index contributed by atoms with van der Waals surface area (Å²) in [5.41, 5.74) is 0.373. The lowest BCUT2D eigenvalue weighted by Gasteiger charge is -2.19. The van der Waals surface area contributed by atoms with Crippen LogP contribution in [0, 0.1) is 0 Å². The maximum atomic E-state index is 12.3. The van der Waals surface area contributed by atoms with Crippen molar-refractivity contribution >= 4 is 15.9 Å². The number of nitrogens with one attached hydrogen (secondary N) is 2. The number of ether oxygens (including phenoxy) is 2. The average Bonchev–Trinajstić information content (AvgIpc) is 2.69. The molecule has 1 rings (SSSR count). The van der Waals surface area contributed by atoms with Gasteiger partial charge in [0, 0.05) is 18.2 Å². The van der Waals surface area contributed by atoms with Crippen LogP contribution >= 0.6 is 0 Å². The number of nitrogens with zero attached hydrogens (tertiary/aromatic N) is 1. The van der Waals surface area contributed by atoms with Crippen molar-refractivity contribution in [1.29, 1.82) is 0 Å². The zero-order chi connectivity index (χ0) is 21.9. The number of methoxy groups -OCH3 is 2. The Labute approximate surface area is 175 Å². The van der Waals surface area contributed by atoms with Gasteiger partial charge in [-0.1, -0.05) is 13.8 Å². The van der Waals surface area contributed by atoms with Gasteiger partial charge in [-0.15, -0.1) is 0 Å². The largest absolute Gasteiger partial charge is 0.493 e. The molecule has 166 valence electrons. The highest BCUT2D eigenvalue weighted by atomic mass is 32.2. The summed E-state index contributed by atoms with van der Waals surface area (Å²) in [7, 11) is -0.466. The lowest BCUT2D eigenvalue weighted by molar-refractivity contribution is 0.0955. The molecule has 1 amide bonds. The number of carbonyl (C=O) groups is 1. The van der Waals surface area contributed by atoms with Crippen LogP contribution in [0.1, 0.15) is 44.0 Å². The van der Waals surface area contributed by atoms with Crippen LogP contribution in [-0.2, 0) is 10.0 Å². The number of rotatable bonds is 14. The summed E-state index contributed by atoms with van der Waals surface area (Å²) < 4.78 is 37.5. The third kappa shape index (κ3) is 9.01. The zero-order valence-electron chi connectivity index (χ0n) is 18.2. The van der Waals surface area contributed by atoms with E-state index in [0.717, 1.165) is 32.5 Å². The number of carbonyl (C=O) groups excluding carboxylic acids is 1. The van der Waals surface area contributed by atoms with Gasteiger partial charge in [-0.2, -0.15) is 0 Å². The molecule has 0 bridgehead atoms. The Morgan fingerprint density at radius 2 is 1.79 bits per heavy atom. The second kappa shape index (κ2) is 12.7. The molecule has 0 radical (unpaired) electrons. The Morgan fingerprint density at radius 1 is 1.14 bits per heavy atom. The number of benzene rings is 1. The van der Waals surface area contributed by atoms with E-state index in [-0.39, 0.29) is 24.2 Å². The van der Waals surface area contributed by atoms with Crippen molar-refractivity contribution in [2.75, 3.05) is 46.2 Å². The van der Waals surface area contributed by atoms with Crippen molar-refractivity contribution in [2.24, 2.45) is 0 Å². The van der Waals surface area contributed by atoms with Crippen LogP contribution in [0.4, 0.5) is 0 Å². The molecule has 2 N–H and O–H groups in total. The first-order valence-electron chi connectivity index (χ1n) is 9.98. The highest BCUT2D eigenvalue weighted by Crippen LogP contribution is 2.27. The highest BCUT2D eigenvalue weighted by Gasteiger charge is 2.16. The van der Waals surface area contributed by atoms with E-state index in [2.05, 4.69) is 28.8 Å².